The van der Waals surface area contributed by atoms with Crippen molar-refractivity contribution in [2.24, 2.45) is 0 Å². The first-order valence-electron chi connectivity index (χ1n) is 1.85. The molecule has 2 nitrogen and oxygen atoms in total. The van der Waals surface area contributed by atoms with Gasteiger partial charge in [-0.3, -0.25) is 4.98 Å². The SMILES string of the molecule is Cl.O.[MgH2].c1ccncc1. The summed E-state index contributed by atoms with van der Waals surface area (Å²) in [4.78, 5) is 3.78. The van der Waals surface area contributed by atoms with Gasteiger partial charge >= 0.3 is 23.1 Å². The second-order valence-corrected chi connectivity index (χ2v) is 1.02. The first-order chi connectivity index (χ1) is 3.00. The van der Waals surface area contributed by atoms with Crippen molar-refractivity contribution in [3.63, 3.8) is 0 Å². The third-order valence-electron chi connectivity index (χ3n) is 0.566. The van der Waals surface area contributed by atoms with Crippen molar-refractivity contribution in [1.29, 1.82) is 0 Å². The van der Waals surface area contributed by atoms with E-state index in [2.05, 4.69) is 4.98 Å². The summed E-state index contributed by atoms with van der Waals surface area (Å²) in [5.74, 6) is 0. The van der Waals surface area contributed by atoms with Crippen molar-refractivity contribution in [2.75, 3.05) is 0 Å². The molecule has 1 aromatic heterocycles. The van der Waals surface area contributed by atoms with E-state index in [9.17, 15) is 0 Å². The van der Waals surface area contributed by atoms with Crippen molar-refractivity contribution >= 4 is 35.5 Å². The molecular weight excluding hydrogens is 150 g/mol. The lowest BCUT2D eigenvalue weighted by atomic mass is 10.5. The minimum atomic E-state index is 0. The lowest BCUT2D eigenvalue weighted by Crippen LogP contribution is -1.58. The first kappa shape index (κ1) is 16.1. The van der Waals surface area contributed by atoms with Gasteiger partial charge in [0, 0.05) is 12.4 Å². The van der Waals surface area contributed by atoms with E-state index in [4.69, 9.17) is 0 Å². The second kappa shape index (κ2) is 11.0. The Labute approximate surface area is 76.6 Å². The molecule has 0 aromatic carbocycles. The van der Waals surface area contributed by atoms with E-state index in [1.54, 1.807) is 12.4 Å². The van der Waals surface area contributed by atoms with E-state index < -0.39 is 0 Å². The van der Waals surface area contributed by atoms with Gasteiger partial charge in [-0.15, -0.1) is 12.4 Å². The van der Waals surface area contributed by atoms with Crippen LogP contribution in [0.1, 0.15) is 0 Å². The highest BCUT2D eigenvalue weighted by molar-refractivity contribution is 5.85. The monoisotopic (exact) mass is 159 g/mol. The van der Waals surface area contributed by atoms with E-state index in [-0.39, 0.29) is 40.9 Å². The zero-order chi connectivity index (χ0) is 4.24. The van der Waals surface area contributed by atoms with Crippen LogP contribution >= 0.6 is 12.4 Å². The molecule has 9 heavy (non-hydrogen) atoms. The lowest BCUT2D eigenvalue weighted by molar-refractivity contribution is 0.824. The molecule has 4 heteroatoms. The van der Waals surface area contributed by atoms with Crippen LogP contribution in [0.4, 0.5) is 0 Å². The fourth-order valence-corrected chi connectivity index (χ4v) is 0.313. The molecule has 1 aromatic rings. The Bertz CT molecular complexity index is 88.9. The van der Waals surface area contributed by atoms with Gasteiger partial charge in [0.05, 0.1) is 0 Å². The molecule has 0 aliphatic heterocycles. The summed E-state index contributed by atoms with van der Waals surface area (Å²) < 4.78 is 0. The molecule has 0 spiro atoms. The molecule has 50 valence electrons. The molecule has 0 fully saturated rings. The van der Waals surface area contributed by atoms with Gasteiger partial charge in [-0.1, -0.05) is 6.07 Å². The molecule has 2 N–H and O–H groups in total. The highest BCUT2D eigenvalue weighted by Gasteiger charge is 1.58. The third kappa shape index (κ3) is 8.17. The maximum atomic E-state index is 3.78. The Morgan fingerprint density at radius 1 is 0.889 bits per heavy atom. The summed E-state index contributed by atoms with van der Waals surface area (Å²) in [6, 6.07) is 5.72. The van der Waals surface area contributed by atoms with Crippen molar-refractivity contribution in [3.05, 3.63) is 30.6 Å². The van der Waals surface area contributed by atoms with Crippen LogP contribution in [-0.2, 0) is 0 Å². The molecule has 1 rings (SSSR count). The molecule has 0 radical (unpaired) electrons. The molecule has 0 saturated carbocycles. The standard InChI is InChI=1S/C5H5N.ClH.Mg.H2O.2H/c1-2-4-6-5-3-1;;;;;/h1-5H;1H;;1H2;;. The van der Waals surface area contributed by atoms with Crippen LogP contribution in [0.25, 0.3) is 0 Å². The Kier molecular flexibility index (Phi) is 19.7. The normalized spacial score (nSPS) is 5.33. The number of halogens is 1. The van der Waals surface area contributed by atoms with Crippen LogP contribution in [0.3, 0.4) is 0 Å². The zero-order valence-electron chi connectivity index (χ0n) is 4.24. The topological polar surface area (TPSA) is 44.4 Å². The van der Waals surface area contributed by atoms with Gasteiger partial charge in [-0.2, -0.15) is 0 Å². The van der Waals surface area contributed by atoms with E-state index >= 15 is 0 Å². The first-order valence-corrected chi connectivity index (χ1v) is 1.85. The van der Waals surface area contributed by atoms with Crippen molar-refractivity contribution in [3.8, 4) is 0 Å². The summed E-state index contributed by atoms with van der Waals surface area (Å²) >= 11 is 0. The summed E-state index contributed by atoms with van der Waals surface area (Å²) in [7, 11) is 0. The number of pyridine rings is 1. The molecule has 0 bridgehead atoms. The quantitative estimate of drug-likeness (QED) is 0.483. The van der Waals surface area contributed by atoms with Gasteiger partial charge in [-0.25, -0.2) is 0 Å². The Hall–Kier alpha value is 0.166. The highest BCUT2D eigenvalue weighted by Crippen LogP contribution is 1.73. The maximum absolute atomic E-state index is 3.78. The van der Waals surface area contributed by atoms with Gasteiger partial charge in [0.25, 0.3) is 0 Å². The summed E-state index contributed by atoms with van der Waals surface area (Å²) in [5.41, 5.74) is 0. The van der Waals surface area contributed by atoms with E-state index in [1.165, 1.54) is 0 Å². The summed E-state index contributed by atoms with van der Waals surface area (Å²) in [5, 5.41) is 0. The van der Waals surface area contributed by atoms with Crippen LogP contribution in [0, 0.1) is 0 Å². The fraction of sp³-hybridized carbons (Fsp3) is 0. The highest BCUT2D eigenvalue weighted by atomic mass is 35.5. The molecule has 0 aliphatic rings. The van der Waals surface area contributed by atoms with Gasteiger partial charge in [0.2, 0.25) is 0 Å². The van der Waals surface area contributed by atoms with E-state index in [0.717, 1.165) is 0 Å². The maximum Gasteiger partial charge on any atom is 0.316 e. The van der Waals surface area contributed by atoms with Crippen LogP contribution in [-0.4, -0.2) is 33.5 Å². The fourth-order valence-electron chi connectivity index (χ4n) is 0.313. The molecule has 0 amide bonds. The number of aromatic nitrogens is 1. The van der Waals surface area contributed by atoms with Crippen molar-refractivity contribution < 1.29 is 5.48 Å². The molecule has 0 saturated heterocycles. The van der Waals surface area contributed by atoms with Crippen molar-refractivity contribution in [1.82, 2.24) is 4.98 Å². The molecule has 1 heterocycles. The van der Waals surface area contributed by atoms with Crippen LogP contribution in [0.2, 0.25) is 0 Å². The Morgan fingerprint density at radius 3 is 1.44 bits per heavy atom. The second-order valence-electron chi connectivity index (χ2n) is 1.02. The Balaban J connectivity index is -0.000000120. The summed E-state index contributed by atoms with van der Waals surface area (Å²) in [6.07, 6.45) is 3.50. The van der Waals surface area contributed by atoms with E-state index in [0.29, 0.717) is 0 Å². The summed E-state index contributed by atoms with van der Waals surface area (Å²) in [6.45, 7) is 0. The number of nitrogens with zero attached hydrogens (tertiary/aromatic N) is 1. The largest absolute Gasteiger partial charge is 0.412 e. The number of rotatable bonds is 0. The van der Waals surface area contributed by atoms with Crippen LogP contribution in [0.15, 0.2) is 30.6 Å². The minimum absolute atomic E-state index is 0. The minimum Gasteiger partial charge on any atom is -0.412 e. The predicted molar refractivity (Wildman–Crippen MR) is 43.6 cm³/mol. The number of hydrogen-bond donors (Lipinski definition) is 0. The molecule has 0 atom stereocenters. The average molecular weight is 160 g/mol. The van der Waals surface area contributed by atoms with Crippen LogP contribution in [0.5, 0.6) is 0 Å². The van der Waals surface area contributed by atoms with Crippen LogP contribution < -0.4 is 0 Å². The smallest absolute Gasteiger partial charge is 0.316 e. The lowest BCUT2D eigenvalue weighted by Gasteiger charge is -1.70. The average Bonchev–Trinajstić information content (AvgIpc) is 1.72. The van der Waals surface area contributed by atoms with Crippen molar-refractivity contribution in [2.45, 2.75) is 0 Å². The zero-order valence-corrected chi connectivity index (χ0v) is 5.06. The number of hydrogen-bond acceptors (Lipinski definition) is 1. The van der Waals surface area contributed by atoms with E-state index in [1.807, 2.05) is 18.2 Å². The van der Waals surface area contributed by atoms with Gasteiger partial charge in [0.15, 0.2) is 0 Å². The Morgan fingerprint density at radius 2 is 1.33 bits per heavy atom. The van der Waals surface area contributed by atoms with Gasteiger partial charge in [0.1, 0.15) is 0 Å². The molecule has 0 aliphatic carbocycles. The molecular formula is C5H10ClMgNO. The van der Waals surface area contributed by atoms with Gasteiger partial charge in [-0.05, 0) is 12.1 Å². The van der Waals surface area contributed by atoms with Gasteiger partial charge < -0.3 is 5.48 Å². The predicted octanol–water partition coefficient (Wildman–Crippen LogP) is -0.238. The third-order valence-corrected chi connectivity index (χ3v) is 0.566. The molecule has 0 unspecified atom stereocenters.